The molecule has 0 saturated carbocycles. The summed E-state index contributed by atoms with van der Waals surface area (Å²) in [6.45, 7) is 1.18. The zero-order valence-electron chi connectivity index (χ0n) is 17.1. The van der Waals surface area contributed by atoms with E-state index in [1.54, 1.807) is 18.7 Å². The SMILES string of the molecule is CN(C)[C@H](CNc1ncc(Cl)c(NC[C@H](c2ccco2)N(C)C)n1)c1ccco1. The van der Waals surface area contributed by atoms with Crippen LogP contribution in [-0.2, 0) is 0 Å². The summed E-state index contributed by atoms with van der Waals surface area (Å²) in [6.07, 6.45) is 4.94. The van der Waals surface area contributed by atoms with Crippen molar-refractivity contribution in [2.45, 2.75) is 12.1 Å². The van der Waals surface area contributed by atoms with Gasteiger partial charge < -0.3 is 19.5 Å². The molecular formula is C20H27ClN6O2. The summed E-state index contributed by atoms with van der Waals surface area (Å²) >= 11 is 6.30. The Bertz CT molecular complexity index is 867. The number of aromatic nitrogens is 2. The Morgan fingerprint density at radius 1 is 0.931 bits per heavy atom. The van der Waals surface area contributed by atoms with Gasteiger partial charge in [-0.3, -0.25) is 9.80 Å². The fraction of sp³-hybridized carbons (Fsp3) is 0.400. The third-order valence-electron chi connectivity index (χ3n) is 4.65. The minimum absolute atomic E-state index is 0.0458. The number of nitrogens with zero attached hydrogens (tertiary/aromatic N) is 4. The zero-order valence-corrected chi connectivity index (χ0v) is 17.8. The molecule has 3 aromatic rings. The lowest BCUT2D eigenvalue weighted by atomic mass is 10.2. The van der Waals surface area contributed by atoms with E-state index in [-0.39, 0.29) is 12.1 Å². The van der Waals surface area contributed by atoms with Gasteiger partial charge in [0.15, 0.2) is 5.82 Å². The average Bonchev–Trinajstić information content (AvgIpc) is 3.38. The Hall–Kier alpha value is -2.55. The van der Waals surface area contributed by atoms with E-state index in [1.165, 1.54) is 0 Å². The highest BCUT2D eigenvalue weighted by molar-refractivity contribution is 6.32. The molecule has 0 amide bonds. The number of hydrogen-bond acceptors (Lipinski definition) is 8. The Morgan fingerprint density at radius 2 is 1.48 bits per heavy atom. The van der Waals surface area contributed by atoms with Crippen LogP contribution in [0.2, 0.25) is 5.02 Å². The normalized spacial score (nSPS) is 13.6. The molecule has 8 nitrogen and oxygen atoms in total. The highest BCUT2D eigenvalue weighted by Gasteiger charge is 2.19. The quantitative estimate of drug-likeness (QED) is 0.515. The molecule has 0 aliphatic rings. The topological polar surface area (TPSA) is 82.6 Å². The lowest BCUT2D eigenvalue weighted by molar-refractivity contribution is 0.269. The molecule has 0 aliphatic carbocycles. The van der Waals surface area contributed by atoms with Crippen LogP contribution in [0.25, 0.3) is 0 Å². The minimum atomic E-state index is 0.0458. The Balaban J connectivity index is 1.66. The van der Waals surface area contributed by atoms with Crippen molar-refractivity contribution in [2.75, 3.05) is 51.9 Å². The summed E-state index contributed by atoms with van der Waals surface area (Å²) in [6, 6.07) is 7.77. The number of hydrogen-bond donors (Lipinski definition) is 2. The molecule has 0 bridgehead atoms. The van der Waals surface area contributed by atoms with Crippen molar-refractivity contribution in [1.82, 2.24) is 19.8 Å². The highest BCUT2D eigenvalue weighted by atomic mass is 35.5. The molecule has 9 heteroatoms. The maximum absolute atomic E-state index is 6.30. The average molecular weight is 419 g/mol. The molecule has 0 unspecified atom stereocenters. The van der Waals surface area contributed by atoms with Crippen molar-refractivity contribution in [3.8, 4) is 0 Å². The predicted octanol–water partition coefficient (Wildman–Crippen LogP) is 3.75. The summed E-state index contributed by atoms with van der Waals surface area (Å²) in [5, 5.41) is 7.04. The first-order valence-corrected chi connectivity index (χ1v) is 9.73. The van der Waals surface area contributed by atoms with E-state index in [1.807, 2.05) is 52.5 Å². The van der Waals surface area contributed by atoms with Crippen LogP contribution in [0.4, 0.5) is 11.8 Å². The molecule has 0 aliphatic heterocycles. The predicted molar refractivity (Wildman–Crippen MR) is 114 cm³/mol. The van der Waals surface area contributed by atoms with E-state index in [9.17, 15) is 0 Å². The summed E-state index contributed by atoms with van der Waals surface area (Å²) < 4.78 is 11.1. The first kappa shape index (κ1) is 21.2. The molecule has 156 valence electrons. The number of likely N-dealkylation sites (N-methyl/N-ethyl adjacent to an activating group) is 2. The second kappa shape index (κ2) is 9.78. The monoisotopic (exact) mass is 418 g/mol. The maximum Gasteiger partial charge on any atom is 0.224 e. The Morgan fingerprint density at radius 3 is 1.97 bits per heavy atom. The summed E-state index contributed by atoms with van der Waals surface area (Å²) in [5.74, 6) is 2.82. The van der Waals surface area contributed by atoms with Crippen LogP contribution in [0, 0.1) is 0 Å². The first-order valence-electron chi connectivity index (χ1n) is 9.35. The van der Waals surface area contributed by atoms with Crippen molar-refractivity contribution in [3.05, 3.63) is 59.5 Å². The number of anilines is 2. The number of rotatable bonds is 10. The standard InChI is InChI=1S/C20H27ClN6O2/c1-26(2)15(17-7-5-9-28-17)12-22-19-14(21)11-23-20(25-19)24-13-16(27(3)4)18-8-6-10-29-18/h5-11,15-16H,12-13H2,1-4H3,(H2,22,23,24,25)/t15-,16-/m1/s1. The van der Waals surface area contributed by atoms with Gasteiger partial charge in [-0.15, -0.1) is 0 Å². The van der Waals surface area contributed by atoms with E-state index >= 15 is 0 Å². The number of nitrogens with one attached hydrogen (secondary N) is 2. The van der Waals surface area contributed by atoms with Gasteiger partial charge in [-0.1, -0.05) is 11.6 Å². The first-order chi connectivity index (χ1) is 14.0. The van der Waals surface area contributed by atoms with E-state index in [2.05, 4.69) is 30.4 Å². The zero-order chi connectivity index (χ0) is 20.8. The number of halogens is 1. The van der Waals surface area contributed by atoms with Crippen LogP contribution in [0.5, 0.6) is 0 Å². The van der Waals surface area contributed by atoms with Gasteiger partial charge in [-0.25, -0.2) is 4.98 Å². The molecule has 0 spiro atoms. The van der Waals surface area contributed by atoms with Crippen molar-refractivity contribution >= 4 is 23.4 Å². The molecule has 29 heavy (non-hydrogen) atoms. The molecule has 2 N–H and O–H groups in total. The molecule has 3 rings (SSSR count). The van der Waals surface area contributed by atoms with Gasteiger partial charge in [0.1, 0.15) is 16.5 Å². The van der Waals surface area contributed by atoms with E-state index < -0.39 is 0 Å². The Labute approximate surface area is 175 Å². The van der Waals surface area contributed by atoms with Crippen LogP contribution in [0.1, 0.15) is 23.6 Å². The lowest BCUT2D eigenvalue weighted by Gasteiger charge is -2.24. The Kier molecular flexibility index (Phi) is 7.13. The third-order valence-corrected chi connectivity index (χ3v) is 4.93. The number of furan rings is 2. The van der Waals surface area contributed by atoms with Crippen molar-refractivity contribution < 1.29 is 8.83 Å². The lowest BCUT2D eigenvalue weighted by Crippen LogP contribution is -2.28. The second-order valence-corrected chi connectivity index (χ2v) is 7.55. The fourth-order valence-electron chi connectivity index (χ4n) is 2.99. The molecule has 0 radical (unpaired) electrons. The van der Waals surface area contributed by atoms with Crippen LogP contribution >= 0.6 is 11.6 Å². The molecule has 0 saturated heterocycles. The smallest absolute Gasteiger partial charge is 0.224 e. The van der Waals surface area contributed by atoms with Crippen molar-refractivity contribution in [2.24, 2.45) is 0 Å². The van der Waals surface area contributed by atoms with Crippen LogP contribution in [0.15, 0.2) is 51.8 Å². The third kappa shape index (κ3) is 5.50. The van der Waals surface area contributed by atoms with Gasteiger partial charge in [-0.05, 0) is 52.5 Å². The van der Waals surface area contributed by atoms with Gasteiger partial charge in [0.25, 0.3) is 0 Å². The van der Waals surface area contributed by atoms with Gasteiger partial charge in [-0.2, -0.15) is 4.98 Å². The molecule has 0 aromatic carbocycles. The minimum Gasteiger partial charge on any atom is -0.468 e. The summed E-state index contributed by atoms with van der Waals surface area (Å²) in [5.41, 5.74) is 0. The van der Waals surface area contributed by atoms with Gasteiger partial charge in [0, 0.05) is 13.1 Å². The largest absolute Gasteiger partial charge is 0.468 e. The van der Waals surface area contributed by atoms with Crippen LogP contribution < -0.4 is 10.6 Å². The highest BCUT2D eigenvalue weighted by Crippen LogP contribution is 2.24. The van der Waals surface area contributed by atoms with Gasteiger partial charge >= 0.3 is 0 Å². The fourth-order valence-corrected chi connectivity index (χ4v) is 3.15. The van der Waals surface area contributed by atoms with Gasteiger partial charge in [0.05, 0.1) is 30.8 Å². The van der Waals surface area contributed by atoms with E-state index in [4.69, 9.17) is 20.4 Å². The van der Waals surface area contributed by atoms with Crippen molar-refractivity contribution in [1.29, 1.82) is 0 Å². The molecule has 2 atom stereocenters. The molecule has 3 heterocycles. The van der Waals surface area contributed by atoms with Crippen LogP contribution in [0.3, 0.4) is 0 Å². The van der Waals surface area contributed by atoms with Crippen molar-refractivity contribution in [3.63, 3.8) is 0 Å². The molecule has 0 fully saturated rings. The molecular weight excluding hydrogens is 392 g/mol. The maximum atomic E-state index is 6.30. The second-order valence-electron chi connectivity index (χ2n) is 7.14. The van der Waals surface area contributed by atoms with E-state index in [0.717, 1.165) is 11.5 Å². The molecule has 3 aromatic heterocycles. The summed E-state index contributed by atoms with van der Waals surface area (Å²) in [4.78, 5) is 13.0. The van der Waals surface area contributed by atoms with E-state index in [0.29, 0.717) is 29.9 Å². The van der Waals surface area contributed by atoms with Crippen LogP contribution in [-0.4, -0.2) is 61.0 Å². The van der Waals surface area contributed by atoms with Gasteiger partial charge in [0.2, 0.25) is 5.95 Å². The summed E-state index contributed by atoms with van der Waals surface area (Å²) in [7, 11) is 8.00.